The summed E-state index contributed by atoms with van der Waals surface area (Å²) in [6.07, 6.45) is 9.12. The molecule has 2 aliphatic rings. The molecule has 0 unspecified atom stereocenters. The van der Waals surface area contributed by atoms with E-state index in [1.807, 2.05) is 30.6 Å². The molecule has 4 aromatic heterocycles. The lowest BCUT2D eigenvalue weighted by Crippen LogP contribution is -2.21. The van der Waals surface area contributed by atoms with Gasteiger partial charge in [0.05, 0.1) is 22.5 Å². The second-order valence-corrected chi connectivity index (χ2v) is 9.73. The normalized spacial score (nSPS) is 18.8. The molecule has 6 rings (SSSR count). The van der Waals surface area contributed by atoms with Crippen molar-refractivity contribution < 1.29 is 4.74 Å². The Morgan fingerprint density at radius 3 is 2.85 bits per heavy atom. The van der Waals surface area contributed by atoms with Crippen molar-refractivity contribution in [1.82, 2.24) is 24.8 Å². The Morgan fingerprint density at radius 2 is 2.03 bits per heavy atom. The number of likely N-dealkylation sites (tertiary alicyclic amines) is 1. The van der Waals surface area contributed by atoms with E-state index in [0.717, 1.165) is 77.4 Å². The van der Waals surface area contributed by atoms with Crippen LogP contribution in [-0.2, 0) is 11.3 Å². The number of anilines is 2. The lowest BCUT2D eigenvalue weighted by molar-refractivity contribution is 0.193. The van der Waals surface area contributed by atoms with E-state index in [2.05, 4.69) is 32.3 Å². The highest BCUT2D eigenvalue weighted by molar-refractivity contribution is 7.21. The van der Waals surface area contributed by atoms with Gasteiger partial charge in [0.15, 0.2) is 0 Å². The van der Waals surface area contributed by atoms with Crippen molar-refractivity contribution >= 4 is 33.2 Å². The summed E-state index contributed by atoms with van der Waals surface area (Å²) in [7, 11) is 0. The van der Waals surface area contributed by atoms with Crippen molar-refractivity contribution in [2.24, 2.45) is 0 Å². The van der Waals surface area contributed by atoms with E-state index >= 15 is 0 Å². The highest BCUT2D eigenvalue weighted by atomic mass is 32.1. The number of hydrogen-bond donors (Lipinski definition) is 1. The van der Waals surface area contributed by atoms with Crippen molar-refractivity contribution in [2.75, 3.05) is 31.6 Å². The Balaban J connectivity index is 1.27. The number of pyridine rings is 3. The Bertz CT molecular complexity index is 1250. The molecule has 2 aliphatic heterocycles. The number of nitrogens with one attached hydrogen (secondary N) is 1. The molecule has 4 aromatic rings. The number of hydrogen-bond acceptors (Lipinski definition) is 8. The highest BCUT2D eigenvalue weighted by Crippen LogP contribution is 2.32. The van der Waals surface area contributed by atoms with Gasteiger partial charge in [0, 0.05) is 49.3 Å². The summed E-state index contributed by atoms with van der Waals surface area (Å²) < 4.78 is 6.71. The topological polar surface area (TPSA) is 76.1 Å². The van der Waals surface area contributed by atoms with Crippen LogP contribution in [0.2, 0.25) is 0 Å². The molecule has 1 atom stereocenters. The summed E-state index contributed by atoms with van der Waals surface area (Å²) in [5.41, 5.74) is 4.43. The van der Waals surface area contributed by atoms with E-state index < -0.39 is 0 Å². The van der Waals surface area contributed by atoms with Gasteiger partial charge in [0.25, 0.3) is 0 Å². The van der Waals surface area contributed by atoms with Gasteiger partial charge in [-0.15, -0.1) is 11.3 Å². The van der Waals surface area contributed by atoms with Crippen LogP contribution in [0, 0.1) is 0 Å². The van der Waals surface area contributed by atoms with Crippen molar-refractivity contribution in [3.05, 3.63) is 60.2 Å². The largest absolute Gasteiger partial charge is 0.381 e. The summed E-state index contributed by atoms with van der Waals surface area (Å²) in [6.45, 7) is 4.84. The van der Waals surface area contributed by atoms with Gasteiger partial charge in [-0.1, -0.05) is 6.07 Å². The van der Waals surface area contributed by atoms with Gasteiger partial charge in [0.1, 0.15) is 16.6 Å². The summed E-state index contributed by atoms with van der Waals surface area (Å²) in [6, 6.07) is 10.2. The minimum Gasteiger partial charge on any atom is -0.381 e. The average molecular weight is 459 g/mol. The van der Waals surface area contributed by atoms with E-state index in [4.69, 9.17) is 14.7 Å². The number of fused-ring (bicyclic) bond motifs is 1. The second-order valence-electron chi connectivity index (χ2n) is 8.70. The predicted octanol–water partition coefficient (Wildman–Crippen LogP) is 4.99. The number of thiazole rings is 1. The fraction of sp³-hybridized carbons (Fsp3) is 0.360. The first-order valence-electron chi connectivity index (χ1n) is 11.6. The zero-order chi connectivity index (χ0) is 22.0. The van der Waals surface area contributed by atoms with E-state index in [1.54, 1.807) is 17.5 Å². The minimum atomic E-state index is 0.444. The molecule has 0 bridgehead atoms. The van der Waals surface area contributed by atoms with Crippen LogP contribution in [0.25, 0.3) is 20.8 Å². The van der Waals surface area contributed by atoms with Crippen LogP contribution in [0.5, 0.6) is 0 Å². The maximum atomic E-state index is 5.66. The van der Waals surface area contributed by atoms with Crippen LogP contribution in [-0.4, -0.2) is 51.1 Å². The first kappa shape index (κ1) is 20.7. The van der Waals surface area contributed by atoms with E-state index in [0.29, 0.717) is 5.92 Å². The average Bonchev–Trinajstić information content (AvgIpc) is 3.62. The lowest BCUT2D eigenvalue weighted by atomic mass is 9.96. The Kier molecular flexibility index (Phi) is 5.71. The zero-order valence-corrected chi connectivity index (χ0v) is 19.2. The van der Waals surface area contributed by atoms with Gasteiger partial charge in [-0.3, -0.25) is 9.88 Å². The third kappa shape index (κ3) is 4.46. The van der Waals surface area contributed by atoms with E-state index in [-0.39, 0.29) is 0 Å². The van der Waals surface area contributed by atoms with Crippen molar-refractivity contribution in [2.45, 2.75) is 31.7 Å². The number of nitrogens with zero attached hydrogens (tertiary/aromatic N) is 5. The van der Waals surface area contributed by atoms with E-state index in [1.165, 1.54) is 18.4 Å². The van der Waals surface area contributed by atoms with Crippen LogP contribution >= 0.6 is 11.3 Å². The summed E-state index contributed by atoms with van der Waals surface area (Å²) in [5, 5.41) is 4.36. The van der Waals surface area contributed by atoms with Gasteiger partial charge in [-0.05, 0) is 56.1 Å². The summed E-state index contributed by atoms with van der Waals surface area (Å²) in [4.78, 5) is 21.2. The highest BCUT2D eigenvalue weighted by Gasteiger charge is 2.23. The number of aromatic nitrogens is 4. The molecule has 0 spiro atoms. The third-order valence-corrected chi connectivity index (χ3v) is 7.45. The maximum Gasteiger partial charge on any atom is 0.133 e. The third-order valence-electron chi connectivity index (χ3n) is 6.39. The van der Waals surface area contributed by atoms with Gasteiger partial charge in [-0.25, -0.2) is 15.0 Å². The SMILES string of the molecule is c1cncc(-c2nc3cc(Nc4ccc([C@@H]5CCOC5)c(CN5CCCC5)n4)ncc3s2)c1. The molecule has 0 radical (unpaired) electrons. The van der Waals surface area contributed by atoms with Crippen LogP contribution in [0.4, 0.5) is 11.6 Å². The first-order valence-corrected chi connectivity index (χ1v) is 12.4. The number of rotatable bonds is 6. The molecular weight excluding hydrogens is 432 g/mol. The van der Waals surface area contributed by atoms with Gasteiger partial charge >= 0.3 is 0 Å². The van der Waals surface area contributed by atoms with E-state index in [9.17, 15) is 0 Å². The van der Waals surface area contributed by atoms with Crippen LogP contribution in [0.3, 0.4) is 0 Å². The second kappa shape index (κ2) is 9.13. The van der Waals surface area contributed by atoms with Crippen LogP contribution in [0.15, 0.2) is 48.9 Å². The summed E-state index contributed by atoms with van der Waals surface area (Å²) >= 11 is 1.63. The molecule has 6 heterocycles. The molecule has 168 valence electrons. The van der Waals surface area contributed by atoms with Crippen molar-refractivity contribution in [1.29, 1.82) is 0 Å². The molecule has 33 heavy (non-hydrogen) atoms. The smallest absolute Gasteiger partial charge is 0.133 e. The lowest BCUT2D eigenvalue weighted by Gasteiger charge is -2.20. The Labute approximate surface area is 196 Å². The van der Waals surface area contributed by atoms with Gasteiger partial charge in [0.2, 0.25) is 0 Å². The minimum absolute atomic E-state index is 0.444. The monoisotopic (exact) mass is 458 g/mol. The molecule has 2 saturated heterocycles. The zero-order valence-electron chi connectivity index (χ0n) is 18.4. The maximum absolute atomic E-state index is 5.66. The van der Waals surface area contributed by atoms with Crippen LogP contribution < -0.4 is 5.32 Å². The number of ether oxygens (including phenoxy) is 1. The Hall–Kier alpha value is -2.94. The fourth-order valence-electron chi connectivity index (χ4n) is 4.66. The standard InChI is InChI=1S/C25H26N6OS/c1-2-10-31(9-1)15-21-19(18-7-11-32-16-18)5-6-23(28-21)30-24-12-20-22(14-27-24)33-25(29-20)17-4-3-8-26-13-17/h3-6,8,12-14,18H,1-2,7,9-11,15-16H2,(H,27,28,30)/t18-/m1/s1. The van der Waals surface area contributed by atoms with Gasteiger partial charge in [-0.2, -0.15) is 0 Å². The Morgan fingerprint density at radius 1 is 1.09 bits per heavy atom. The molecule has 1 N–H and O–H groups in total. The van der Waals surface area contributed by atoms with Crippen molar-refractivity contribution in [3.63, 3.8) is 0 Å². The quantitative estimate of drug-likeness (QED) is 0.436. The fourth-order valence-corrected chi connectivity index (χ4v) is 5.56. The molecule has 0 aromatic carbocycles. The first-order chi connectivity index (χ1) is 16.3. The molecular formula is C25H26N6OS. The molecule has 7 nitrogen and oxygen atoms in total. The summed E-state index contributed by atoms with van der Waals surface area (Å²) in [5.74, 6) is 2.02. The molecule has 0 aliphatic carbocycles. The molecule has 0 saturated carbocycles. The van der Waals surface area contributed by atoms with Crippen LogP contribution in [0.1, 0.15) is 36.4 Å². The van der Waals surface area contributed by atoms with Gasteiger partial charge < -0.3 is 10.1 Å². The molecule has 0 amide bonds. The van der Waals surface area contributed by atoms with Crippen molar-refractivity contribution in [3.8, 4) is 10.6 Å². The molecule has 8 heteroatoms. The predicted molar refractivity (Wildman–Crippen MR) is 131 cm³/mol. The molecule has 2 fully saturated rings.